The van der Waals surface area contributed by atoms with E-state index >= 15 is 0 Å². The van der Waals surface area contributed by atoms with Crippen LogP contribution in [0.1, 0.15) is 12.8 Å². The van der Waals surface area contributed by atoms with E-state index in [4.69, 9.17) is 4.74 Å². The lowest BCUT2D eigenvalue weighted by atomic mass is 9.88. The summed E-state index contributed by atoms with van der Waals surface area (Å²) >= 11 is 0. The lowest BCUT2D eigenvalue weighted by molar-refractivity contribution is -0.372. The van der Waals surface area contributed by atoms with Crippen molar-refractivity contribution >= 4 is 11.9 Å². The fourth-order valence-electron chi connectivity index (χ4n) is 3.28. The molecule has 1 saturated heterocycles. The minimum absolute atomic E-state index is 0.102. The van der Waals surface area contributed by atoms with E-state index in [9.17, 15) is 23.5 Å². The van der Waals surface area contributed by atoms with E-state index in [-0.39, 0.29) is 23.7 Å². The second-order valence-electron chi connectivity index (χ2n) is 4.79. The van der Waals surface area contributed by atoms with E-state index in [1.54, 1.807) is 0 Å². The molecule has 0 aromatic heterocycles. The Labute approximate surface area is 94.7 Å². The first-order valence-electron chi connectivity index (χ1n) is 5.37. The van der Waals surface area contributed by atoms with Crippen molar-refractivity contribution in [2.24, 2.45) is 17.8 Å². The molecule has 17 heavy (non-hydrogen) atoms. The maximum atomic E-state index is 12.9. The third-order valence-electron chi connectivity index (χ3n) is 3.94. The van der Waals surface area contributed by atoms with Gasteiger partial charge < -0.3 is 19.4 Å². The predicted molar refractivity (Wildman–Crippen MR) is 44.4 cm³/mol. The molecule has 0 aromatic rings. The summed E-state index contributed by atoms with van der Waals surface area (Å²) in [5, 5.41) is 10.2. The summed E-state index contributed by atoms with van der Waals surface area (Å²) < 4.78 is 35.1. The molecule has 3 fully saturated rings. The van der Waals surface area contributed by atoms with Gasteiger partial charge in [0, 0.05) is 5.92 Å². The topological polar surface area (TPSA) is 75.7 Å². The van der Waals surface area contributed by atoms with Gasteiger partial charge in [-0.15, -0.1) is 0 Å². The number of rotatable bonds is 3. The Balaban J connectivity index is 1.79. The average Bonchev–Trinajstić information content (AvgIpc) is 2.81. The zero-order valence-corrected chi connectivity index (χ0v) is 8.60. The van der Waals surface area contributed by atoms with Crippen LogP contribution >= 0.6 is 0 Å². The Bertz CT molecular complexity index is 396. The van der Waals surface area contributed by atoms with Crippen LogP contribution < -0.4 is 5.11 Å². The SMILES string of the molecule is O=C1OC2C3CC(CC13)C2OC(F)(F)C(=O)[O-]. The number of ether oxygens (including phenoxy) is 2. The molecule has 3 aliphatic rings. The van der Waals surface area contributed by atoms with E-state index < -0.39 is 24.3 Å². The Morgan fingerprint density at radius 1 is 1.47 bits per heavy atom. The first-order valence-corrected chi connectivity index (χ1v) is 5.37. The van der Waals surface area contributed by atoms with Gasteiger partial charge in [-0.1, -0.05) is 0 Å². The third kappa shape index (κ3) is 1.38. The van der Waals surface area contributed by atoms with E-state index in [2.05, 4.69) is 4.74 Å². The molecular weight excluding hydrogens is 238 g/mol. The molecule has 0 N–H and O–H groups in total. The van der Waals surface area contributed by atoms with Crippen molar-refractivity contribution in [3.63, 3.8) is 0 Å². The van der Waals surface area contributed by atoms with Crippen molar-refractivity contribution in [3.8, 4) is 0 Å². The molecule has 1 aliphatic heterocycles. The second-order valence-corrected chi connectivity index (χ2v) is 4.79. The summed E-state index contributed by atoms with van der Waals surface area (Å²) in [4.78, 5) is 21.5. The number of halogens is 2. The molecule has 2 aliphatic carbocycles. The number of aliphatic carboxylic acids is 1. The first kappa shape index (κ1) is 10.9. The Morgan fingerprint density at radius 2 is 2.18 bits per heavy atom. The standard InChI is InChI=1S/C10H10F2O5/c11-10(12,9(14)15)17-6-3-1-4-5(2-3)8(13)16-7(4)6/h3-7H,1-2H2,(H,14,15)/p-1. The summed E-state index contributed by atoms with van der Waals surface area (Å²) in [5.41, 5.74) is 0. The lowest BCUT2D eigenvalue weighted by Gasteiger charge is -2.29. The number of carboxylic acids is 1. The van der Waals surface area contributed by atoms with Crippen LogP contribution in [0.4, 0.5) is 8.78 Å². The number of carbonyl (C=O) groups is 2. The minimum atomic E-state index is -4.33. The van der Waals surface area contributed by atoms with Crippen LogP contribution in [0, 0.1) is 17.8 Å². The molecule has 2 bridgehead atoms. The summed E-state index contributed by atoms with van der Waals surface area (Å²) in [7, 11) is 0. The van der Waals surface area contributed by atoms with Crippen LogP contribution in [0.15, 0.2) is 0 Å². The molecule has 0 spiro atoms. The average molecular weight is 247 g/mol. The summed E-state index contributed by atoms with van der Waals surface area (Å²) in [6, 6.07) is 0. The Kier molecular flexibility index (Phi) is 2.02. The minimum Gasteiger partial charge on any atom is -0.542 e. The smallest absolute Gasteiger partial charge is 0.398 e. The van der Waals surface area contributed by atoms with Gasteiger partial charge in [-0.3, -0.25) is 4.79 Å². The number of carboxylic acid groups (broad SMARTS) is 1. The second kappa shape index (κ2) is 3.16. The van der Waals surface area contributed by atoms with Gasteiger partial charge in [0.05, 0.1) is 5.92 Å². The van der Waals surface area contributed by atoms with Crippen LogP contribution in [0.2, 0.25) is 0 Å². The molecule has 0 amide bonds. The van der Waals surface area contributed by atoms with Gasteiger partial charge in [0.15, 0.2) is 0 Å². The Hall–Kier alpha value is -1.24. The van der Waals surface area contributed by atoms with E-state index in [1.165, 1.54) is 0 Å². The summed E-state index contributed by atoms with van der Waals surface area (Å²) in [6.45, 7) is 0. The highest BCUT2D eigenvalue weighted by Gasteiger charge is 2.63. The van der Waals surface area contributed by atoms with E-state index in [0.29, 0.717) is 12.8 Å². The van der Waals surface area contributed by atoms with Crippen molar-refractivity contribution in [3.05, 3.63) is 0 Å². The van der Waals surface area contributed by atoms with Gasteiger partial charge in [0.1, 0.15) is 18.2 Å². The van der Waals surface area contributed by atoms with Crippen LogP contribution in [0.5, 0.6) is 0 Å². The van der Waals surface area contributed by atoms with Crippen molar-refractivity contribution in [1.82, 2.24) is 0 Å². The molecule has 3 rings (SSSR count). The molecule has 2 saturated carbocycles. The van der Waals surface area contributed by atoms with Gasteiger partial charge in [-0.05, 0) is 18.8 Å². The molecule has 94 valence electrons. The Morgan fingerprint density at radius 3 is 2.82 bits per heavy atom. The highest BCUT2D eigenvalue weighted by atomic mass is 19.3. The summed E-state index contributed by atoms with van der Waals surface area (Å²) in [6.07, 6.45) is -5.07. The normalized spacial score (nSPS) is 42.9. The lowest BCUT2D eigenvalue weighted by Crippen LogP contribution is -2.49. The molecular formula is C10H9F2O5-. The number of hydrogen-bond acceptors (Lipinski definition) is 5. The number of fused-ring (bicyclic) bond motifs is 1. The van der Waals surface area contributed by atoms with Crippen molar-refractivity contribution < 1.29 is 33.0 Å². The van der Waals surface area contributed by atoms with Gasteiger partial charge in [0.2, 0.25) is 0 Å². The van der Waals surface area contributed by atoms with Crippen LogP contribution in [-0.2, 0) is 19.1 Å². The number of carbonyl (C=O) groups excluding carboxylic acids is 2. The fraction of sp³-hybridized carbons (Fsp3) is 0.800. The first-order chi connectivity index (χ1) is 7.90. The molecule has 5 nitrogen and oxygen atoms in total. The van der Waals surface area contributed by atoms with Crippen molar-refractivity contribution in [2.75, 3.05) is 0 Å². The molecule has 1 heterocycles. The third-order valence-corrected chi connectivity index (χ3v) is 3.94. The van der Waals surface area contributed by atoms with Crippen LogP contribution in [-0.4, -0.2) is 30.3 Å². The summed E-state index contributed by atoms with van der Waals surface area (Å²) in [5.74, 6) is -3.50. The quantitative estimate of drug-likeness (QED) is 0.616. The van der Waals surface area contributed by atoms with Crippen molar-refractivity contribution in [2.45, 2.75) is 31.2 Å². The molecule has 5 atom stereocenters. The molecule has 0 radical (unpaired) electrons. The maximum absolute atomic E-state index is 12.9. The maximum Gasteiger partial charge on any atom is 0.398 e. The predicted octanol–water partition coefficient (Wildman–Crippen LogP) is -0.704. The zero-order valence-electron chi connectivity index (χ0n) is 8.60. The molecule has 7 heteroatoms. The highest BCUT2D eigenvalue weighted by Crippen LogP contribution is 2.56. The van der Waals surface area contributed by atoms with Gasteiger partial charge in [-0.25, -0.2) is 0 Å². The van der Waals surface area contributed by atoms with Gasteiger partial charge in [-0.2, -0.15) is 8.78 Å². The van der Waals surface area contributed by atoms with E-state index in [0.717, 1.165) is 0 Å². The number of alkyl halides is 2. The molecule has 0 aromatic carbocycles. The van der Waals surface area contributed by atoms with Crippen LogP contribution in [0.25, 0.3) is 0 Å². The van der Waals surface area contributed by atoms with Crippen molar-refractivity contribution in [1.29, 1.82) is 0 Å². The monoisotopic (exact) mass is 247 g/mol. The van der Waals surface area contributed by atoms with E-state index in [1.807, 2.05) is 0 Å². The van der Waals surface area contributed by atoms with Crippen LogP contribution in [0.3, 0.4) is 0 Å². The number of hydrogen-bond donors (Lipinski definition) is 0. The zero-order chi connectivity index (χ0) is 12.4. The largest absolute Gasteiger partial charge is 0.542 e. The molecule has 5 unspecified atom stereocenters. The van der Waals surface area contributed by atoms with Gasteiger partial charge in [0.25, 0.3) is 0 Å². The fourth-order valence-corrected chi connectivity index (χ4v) is 3.28. The highest BCUT2D eigenvalue weighted by molar-refractivity contribution is 5.76. The van der Waals surface area contributed by atoms with Gasteiger partial charge >= 0.3 is 12.1 Å². The number of esters is 1.